The summed E-state index contributed by atoms with van der Waals surface area (Å²) in [7, 11) is 0. The van der Waals surface area contributed by atoms with Crippen LogP contribution >= 0.6 is 0 Å². The highest BCUT2D eigenvalue weighted by atomic mass is 16.1. The fraction of sp³-hybridized carbons (Fsp3) is 0.182. The third kappa shape index (κ3) is 4.09. The Balaban J connectivity index is 1.72. The molecule has 0 aliphatic heterocycles. The van der Waals surface area contributed by atoms with E-state index in [0.717, 1.165) is 30.0 Å². The van der Waals surface area contributed by atoms with E-state index in [1.165, 1.54) is 5.56 Å². The molecule has 2 aromatic carbocycles. The second-order valence-corrected chi connectivity index (χ2v) is 5.99. The maximum atomic E-state index is 12.4. The Morgan fingerprint density at radius 1 is 0.923 bits per heavy atom. The van der Waals surface area contributed by atoms with E-state index in [1.807, 2.05) is 48.5 Å². The van der Waals surface area contributed by atoms with Gasteiger partial charge in [0.25, 0.3) is 5.91 Å². The summed E-state index contributed by atoms with van der Waals surface area (Å²) in [5, 5.41) is 2.89. The quantitative estimate of drug-likeness (QED) is 0.679. The van der Waals surface area contributed by atoms with Crippen molar-refractivity contribution in [2.45, 2.75) is 20.3 Å². The van der Waals surface area contributed by atoms with Gasteiger partial charge in [-0.3, -0.25) is 4.79 Å². The van der Waals surface area contributed by atoms with Crippen molar-refractivity contribution in [2.75, 3.05) is 16.8 Å². The van der Waals surface area contributed by atoms with Crippen LogP contribution in [0.4, 0.5) is 17.1 Å². The van der Waals surface area contributed by atoms with Crippen molar-refractivity contribution in [1.29, 1.82) is 0 Å². The van der Waals surface area contributed by atoms with Gasteiger partial charge in [-0.15, -0.1) is 0 Å². The summed E-state index contributed by atoms with van der Waals surface area (Å²) >= 11 is 0. The molecule has 1 amide bonds. The topological polar surface area (TPSA) is 45.2 Å². The molecule has 0 saturated carbocycles. The highest BCUT2D eigenvalue weighted by Crippen LogP contribution is 2.24. The molecule has 0 aliphatic carbocycles. The number of amides is 1. The molecule has 26 heavy (non-hydrogen) atoms. The monoisotopic (exact) mass is 345 g/mol. The minimum atomic E-state index is -0.205. The number of pyridine rings is 1. The van der Waals surface area contributed by atoms with Crippen LogP contribution in [0, 0.1) is 0 Å². The van der Waals surface area contributed by atoms with Crippen molar-refractivity contribution >= 4 is 23.0 Å². The van der Waals surface area contributed by atoms with Crippen LogP contribution in [0.1, 0.15) is 29.9 Å². The normalized spacial score (nSPS) is 10.4. The SMILES string of the molecule is CCc1ccc(NC(=O)c2ccc(N(CC)c3ccccc3)cn2)cc1. The Morgan fingerprint density at radius 2 is 1.65 bits per heavy atom. The summed E-state index contributed by atoms with van der Waals surface area (Å²) in [4.78, 5) is 18.9. The molecule has 3 aromatic rings. The number of hydrogen-bond donors (Lipinski definition) is 1. The van der Waals surface area contributed by atoms with Gasteiger partial charge in [-0.1, -0.05) is 37.3 Å². The number of hydrogen-bond acceptors (Lipinski definition) is 3. The molecule has 0 radical (unpaired) electrons. The number of benzene rings is 2. The minimum Gasteiger partial charge on any atom is -0.341 e. The highest BCUT2D eigenvalue weighted by Gasteiger charge is 2.11. The zero-order valence-corrected chi connectivity index (χ0v) is 15.1. The van der Waals surface area contributed by atoms with Gasteiger partial charge in [-0.2, -0.15) is 0 Å². The molecule has 0 atom stereocenters. The standard InChI is InChI=1S/C22H23N3O/c1-3-17-10-12-18(13-11-17)24-22(26)21-15-14-20(16-23-21)25(4-2)19-8-6-5-7-9-19/h5-16H,3-4H2,1-2H3,(H,24,26). The lowest BCUT2D eigenvalue weighted by atomic mass is 10.1. The third-order valence-electron chi connectivity index (χ3n) is 4.30. The van der Waals surface area contributed by atoms with Crippen LogP contribution in [0.5, 0.6) is 0 Å². The first-order valence-corrected chi connectivity index (χ1v) is 8.90. The minimum absolute atomic E-state index is 0.205. The molecule has 0 aliphatic rings. The molecule has 3 rings (SSSR count). The molecule has 0 spiro atoms. The van der Waals surface area contributed by atoms with E-state index in [9.17, 15) is 4.79 Å². The summed E-state index contributed by atoms with van der Waals surface area (Å²) in [5.74, 6) is -0.205. The van der Waals surface area contributed by atoms with Gasteiger partial charge in [0.05, 0.1) is 11.9 Å². The van der Waals surface area contributed by atoms with Crippen LogP contribution in [-0.2, 0) is 6.42 Å². The Hall–Kier alpha value is -3.14. The summed E-state index contributed by atoms with van der Waals surface area (Å²) in [6, 6.07) is 21.7. The van der Waals surface area contributed by atoms with Gasteiger partial charge in [0, 0.05) is 17.9 Å². The zero-order chi connectivity index (χ0) is 18.4. The lowest BCUT2D eigenvalue weighted by molar-refractivity contribution is 0.102. The van der Waals surface area contributed by atoms with Crippen LogP contribution < -0.4 is 10.2 Å². The number of aryl methyl sites for hydroxylation is 1. The summed E-state index contributed by atoms with van der Waals surface area (Å²) in [6.45, 7) is 5.02. The van der Waals surface area contributed by atoms with Gasteiger partial charge < -0.3 is 10.2 Å². The van der Waals surface area contributed by atoms with Crippen molar-refractivity contribution in [2.24, 2.45) is 0 Å². The number of carbonyl (C=O) groups is 1. The second-order valence-electron chi connectivity index (χ2n) is 5.99. The molecule has 0 fully saturated rings. The predicted octanol–water partition coefficient (Wildman–Crippen LogP) is 5.05. The summed E-state index contributed by atoms with van der Waals surface area (Å²) < 4.78 is 0. The summed E-state index contributed by atoms with van der Waals surface area (Å²) in [5.41, 5.74) is 4.48. The van der Waals surface area contributed by atoms with Gasteiger partial charge in [0.1, 0.15) is 5.69 Å². The fourth-order valence-corrected chi connectivity index (χ4v) is 2.82. The first-order chi connectivity index (χ1) is 12.7. The van der Waals surface area contributed by atoms with Crippen molar-refractivity contribution in [3.05, 3.63) is 84.2 Å². The molecule has 1 aromatic heterocycles. The molecule has 1 heterocycles. The highest BCUT2D eigenvalue weighted by molar-refractivity contribution is 6.03. The smallest absolute Gasteiger partial charge is 0.274 e. The largest absolute Gasteiger partial charge is 0.341 e. The Bertz CT molecular complexity index is 843. The van der Waals surface area contributed by atoms with E-state index in [2.05, 4.69) is 41.2 Å². The van der Waals surface area contributed by atoms with E-state index in [1.54, 1.807) is 12.3 Å². The number of rotatable bonds is 6. The number of carbonyl (C=O) groups excluding carboxylic acids is 1. The average molecular weight is 345 g/mol. The molecule has 0 unspecified atom stereocenters. The van der Waals surface area contributed by atoms with Crippen molar-refractivity contribution in [3.63, 3.8) is 0 Å². The number of anilines is 3. The van der Waals surface area contributed by atoms with Crippen LogP contribution in [-0.4, -0.2) is 17.4 Å². The van der Waals surface area contributed by atoms with Crippen LogP contribution in [0.15, 0.2) is 72.9 Å². The lowest BCUT2D eigenvalue weighted by Gasteiger charge is -2.22. The third-order valence-corrected chi connectivity index (χ3v) is 4.30. The van der Waals surface area contributed by atoms with E-state index >= 15 is 0 Å². The maximum Gasteiger partial charge on any atom is 0.274 e. The van der Waals surface area contributed by atoms with Gasteiger partial charge >= 0.3 is 0 Å². The number of aromatic nitrogens is 1. The van der Waals surface area contributed by atoms with Crippen LogP contribution in [0.3, 0.4) is 0 Å². The molecular formula is C22H23N3O. The fourth-order valence-electron chi connectivity index (χ4n) is 2.82. The molecule has 1 N–H and O–H groups in total. The van der Waals surface area contributed by atoms with E-state index in [4.69, 9.17) is 0 Å². The van der Waals surface area contributed by atoms with Gasteiger partial charge in [-0.05, 0) is 55.3 Å². The number of nitrogens with zero attached hydrogens (tertiary/aromatic N) is 2. The van der Waals surface area contributed by atoms with E-state index in [0.29, 0.717) is 5.69 Å². The lowest BCUT2D eigenvalue weighted by Crippen LogP contribution is -2.17. The number of nitrogens with one attached hydrogen (secondary N) is 1. The molecule has 0 bridgehead atoms. The Kier molecular flexibility index (Phi) is 5.64. The number of para-hydroxylation sites is 1. The second kappa shape index (κ2) is 8.30. The van der Waals surface area contributed by atoms with Crippen molar-refractivity contribution in [3.8, 4) is 0 Å². The van der Waals surface area contributed by atoms with Crippen LogP contribution in [0.25, 0.3) is 0 Å². The van der Waals surface area contributed by atoms with Crippen LogP contribution in [0.2, 0.25) is 0 Å². The Morgan fingerprint density at radius 3 is 2.23 bits per heavy atom. The van der Waals surface area contributed by atoms with Gasteiger partial charge in [0.15, 0.2) is 0 Å². The summed E-state index contributed by atoms with van der Waals surface area (Å²) in [6.07, 6.45) is 2.72. The maximum absolute atomic E-state index is 12.4. The molecule has 4 nitrogen and oxygen atoms in total. The van der Waals surface area contributed by atoms with Gasteiger partial charge in [-0.25, -0.2) is 4.98 Å². The molecular weight excluding hydrogens is 322 g/mol. The predicted molar refractivity (Wildman–Crippen MR) is 107 cm³/mol. The van der Waals surface area contributed by atoms with E-state index < -0.39 is 0 Å². The van der Waals surface area contributed by atoms with Gasteiger partial charge in [0.2, 0.25) is 0 Å². The first-order valence-electron chi connectivity index (χ1n) is 8.90. The van der Waals surface area contributed by atoms with Crippen molar-refractivity contribution in [1.82, 2.24) is 4.98 Å². The molecule has 4 heteroatoms. The first kappa shape index (κ1) is 17.7. The zero-order valence-electron chi connectivity index (χ0n) is 15.1. The molecule has 0 saturated heterocycles. The average Bonchev–Trinajstić information content (AvgIpc) is 2.70. The van der Waals surface area contributed by atoms with E-state index in [-0.39, 0.29) is 5.91 Å². The molecule has 132 valence electrons. The Labute approximate surface area is 154 Å². The van der Waals surface area contributed by atoms with Crippen molar-refractivity contribution < 1.29 is 4.79 Å².